The number of hydrogen-bond acceptors (Lipinski definition) is 6. The van der Waals surface area contributed by atoms with Crippen LogP contribution in [-0.4, -0.2) is 56.4 Å². The fraction of sp³-hybridized carbons (Fsp3) is 0.500. The number of hydrogen-bond donors (Lipinski definition) is 3. The molecule has 0 spiro atoms. The number of benzene rings is 1. The molecule has 0 unspecified atom stereocenters. The first kappa shape index (κ1) is 28.9. The van der Waals surface area contributed by atoms with Gasteiger partial charge in [0.05, 0.1) is 12.1 Å². The summed E-state index contributed by atoms with van der Waals surface area (Å²) in [7, 11) is 0. The molecule has 42 heavy (non-hydrogen) atoms. The van der Waals surface area contributed by atoms with E-state index in [1.807, 2.05) is 19.9 Å². The molecule has 2 bridgehead atoms. The summed E-state index contributed by atoms with van der Waals surface area (Å²) in [5.41, 5.74) is 5.30. The third kappa shape index (κ3) is 5.58. The highest BCUT2D eigenvalue weighted by molar-refractivity contribution is 9.08. The lowest BCUT2D eigenvalue weighted by atomic mass is 9.99. The van der Waals surface area contributed by atoms with Gasteiger partial charge in [0.25, 0.3) is 5.91 Å². The van der Waals surface area contributed by atoms with Crippen LogP contribution in [0, 0.1) is 17.7 Å². The van der Waals surface area contributed by atoms with Gasteiger partial charge in [0.1, 0.15) is 17.6 Å². The normalized spacial score (nSPS) is 24.6. The Morgan fingerprint density at radius 2 is 1.95 bits per heavy atom. The van der Waals surface area contributed by atoms with E-state index in [4.69, 9.17) is 4.74 Å². The van der Waals surface area contributed by atoms with Crippen molar-refractivity contribution in [2.75, 3.05) is 13.1 Å². The van der Waals surface area contributed by atoms with Gasteiger partial charge in [-0.2, -0.15) is 0 Å². The molecule has 2 aromatic heterocycles. The second-order valence-corrected chi connectivity index (χ2v) is 12.8. The highest BCUT2D eigenvalue weighted by Crippen LogP contribution is 2.59. The Morgan fingerprint density at radius 1 is 1.19 bits per heavy atom. The number of piperidine rings is 1. The van der Waals surface area contributed by atoms with Crippen LogP contribution >= 0.6 is 16.1 Å². The van der Waals surface area contributed by atoms with Crippen LogP contribution < -0.4 is 14.4 Å². The molecule has 1 saturated heterocycles. The molecule has 1 aliphatic carbocycles. The molecule has 3 aliphatic rings. The number of amides is 1. The van der Waals surface area contributed by atoms with Gasteiger partial charge < -0.3 is 19.5 Å². The minimum atomic E-state index is -0.354. The molecule has 0 radical (unpaired) electrons. The number of aryl methyl sites for hydroxylation is 2. The topological polar surface area (TPSA) is 108 Å². The summed E-state index contributed by atoms with van der Waals surface area (Å²) in [6.45, 7) is 10.5. The fourth-order valence-electron chi connectivity index (χ4n) is 6.99. The molecule has 6 rings (SSSR count). The summed E-state index contributed by atoms with van der Waals surface area (Å²) in [4.78, 5) is 23.7. The summed E-state index contributed by atoms with van der Waals surface area (Å²) >= 11 is 3.16. The number of nitrogens with one attached hydrogen (secondary N) is 3. The Kier molecular flexibility index (Phi) is 8.11. The van der Waals surface area contributed by atoms with Gasteiger partial charge in [-0.05, 0) is 81.3 Å². The van der Waals surface area contributed by atoms with Gasteiger partial charge in [-0.3, -0.25) is 14.5 Å². The van der Waals surface area contributed by atoms with Crippen molar-refractivity contribution in [1.29, 1.82) is 5.41 Å². The van der Waals surface area contributed by atoms with Gasteiger partial charge >= 0.3 is 6.01 Å². The smallest absolute Gasteiger partial charge is 0.321 e. The summed E-state index contributed by atoms with van der Waals surface area (Å²) in [6, 6.07) is 4.33. The number of ether oxygens (including phenoxy) is 1. The van der Waals surface area contributed by atoms with Crippen LogP contribution in [0.25, 0.3) is 16.5 Å². The maximum absolute atomic E-state index is 13.0. The van der Waals surface area contributed by atoms with Crippen molar-refractivity contribution in [3.8, 4) is 11.8 Å². The molecule has 1 saturated carbocycles. The molecule has 3 aromatic rings. The largest absolute Gasteiger partial charge is 0.424 e. The number of amidine groups is 1. The van der Waals surface area contributed by atoms with Gasteiger partial charge in [0, 0.05) is 63.7 Å². The molecular formula is C32H40BrN7O2. The molecule has 9 nitrogen and oxygen atoms in total. The maximum atomic E-state index is 13.0. The van der Waals surface area contributed by atoms with Crippen LogP contribution in [0.1, 0.15) is 68.6 Å². The number of aromatic nitrogens is 3. The minimum absolute atomic E-state index is 0.0570. The van der Waals surface area contributed by atoms with Crippen LogP contribution in [0.2, 0.25) is 0 Å². The van der Waals surface area contributed by atoms with E-state index in [1.54, 1.807) is 12.4 Å². The Balaban J connectivity index is 1.40. The average Bonchev–Trinajstić information content (AvgIpc) is 3.38. The molecule has 3 N–H and O–H groups in total. The quantitative estimate of drug-likeness (QED) is 0.309. The molecule has 10 heteroatoms. The summed E-state index contributed by atoms with van der Waals surface area (Å²) < 4.78 is 11.0. The number of allylic oxidation sites excluding steroid dienone is 1. The molecule has 2 fully saturated rings. The molecule has 1 aromatic carbocycles. The first-order valence-corrected chi connectivity index (χ1v) is 15.8. The number of nitrogens with zero attached hydrogens (tertiary/aromatic N) is 4. The molecule has 1 amide bonds. The summed E-state index contributed by atoms with van der Waals surface area (Å²) in [5, 5.41) is 14.1. The van der Waals surface area contributed by atoms with E-state index in [0.717, 1.165) is 72.8 Å². The van der Waals surface area contributed by atoms with E-state index >= 15 is 0 Å². The monoisotopic (exact) mass is 633 g/mol. The van der Waals surface area contributed by atoms with Crippen molar-refractivity contribution in [3.05, 3.63) is 54.0 Å². The zero-order chi connectivity index (χ0) is 29.4. The van der Waals surface area contributed by atoms with Gasteiger partial charge in [0.2, 0.25) is 0 Å². The molecular weight excluding hydrogens is 594 g/mol. The Hall–Kier alpha value is -3.24. The highest BCUT2D eigenvalue weighted by Gasteiger charge is 2.66. The van der Waals surface area contributed by atoms with Crippen LogP contribution in [0.5, 0.6) is 11.8 Å². The average molecular weight is 635 g/mol. The van der Waals surface area contributed by atoms with E-state index in [2.05, 4.69) is 64.1 Å². The van der Waals surface area contributed by atoms with Gasteiger partial charge in [0.15, 0.2) is 0 Å². The van der Waals surface area contributed by atoms with Crippen molar-refractivity contribution in [2.45, 2.75) is 83.8 Å². The standard InChI is InChI=1S/C32H40BrN7O2/c1-20(2)25-17-39-18-28(34)40-26(30(41)38-33)13-32(14-27(32)40)19-35-10-8-6-4-5-7-9-22-11-23(12-24(25)29(22)39)42-31-36-15-21(3)16-37-31/h11-12,15-17,26-27,34-35H,1,4-10,13-14,18-19H2,2-3H3,(H,38,41)/t26-,27+,32-/m0/s1. The van der Waals surface area contributed by atoms with Gasteiger partial charge in [-0.1, -0.05) is 25.8 Å². The lowest BCUT2D eigenvalue weighted by Gasteiger charge is -2.28. The predicted octanol–water partition coefficient (Wildman–Crippen LogP) is 5.90. The molecule has 222 valence electrons. The first-order valence-electron chi connectivity index (χ1n) is 15.0. The molecule has 4 heterocycles. The Morgan fingerprint density at radius 3 is 2.71 bits per heavy atom. The van der Waals surface area contributed by atoms with E-state index in [1.165, 1.54) is 24.8 Å². The first-order chi connectivity index (χ1) is 20.3. The third-order valence-electron chi connectivity index (χ3n) is 9.17. The van der Waals surface area contributed by atoms with Crippen LogP contribution in [0.15, 0.2) is 37.3 Å². The second-order valence-electron chi connectivity index (χ2n) is 12.4. The zero-order valence-electron chi connectivity index (χ0n) is 24.5. The van der Waals surface area contributed by atoms with Crippen LogP contribution in [0.4, 0.5) is 0 Å². The molecule has 2 aliphatic heterocycles. The maximum Gasteiger partial charge on any atom is 0.321 e. The van der Waals surface area contributed by atoms with Crippen molar-refractivity contribution < 1.29 is 9.53 Å². The minimum Gasteiger partial charge on any atom is -0.424 e. The zero-order valence-corrected chi connectivity index (χ0v) is 26.1. The second kappa shape index (κ2) is 11.8. The van der Waals surface area contributed by atoms with E-state index in [-0.39, 0.29) is 23.4 Å². The number of carbonyl (C=O) groups is 1. The van der Waals surface area contributed by atoms with Crippen molar-refractivity contribution in [3.63, 3.8) is 0 Å². The van der Waals surface area contributed by atoms with Crippen LogP contribution in [-0.2, 0) is 17.8 Å². The van der Waals surface area contributed by atoms with E-state index in [9.17, 15) is 10.2 Å². The number of carbonyl (C=O) groups excluding carboxylic acids is 1. The summed E-state index contributed by atoms with van der Waals surface area (Å²) in [5.74, 6) is 1.08. The fourth-order valence-corrected chi connectivity index (χ4v) is 7.25. The van der Waals surface area contributed by atoms with E-state index in [0.29, 0.717) is 24.1 Å². The highest BCUT2D eigenvalue weighted by atomic mass is 79.9. The van der Waals surface area contributed by atoms with Gasteiger partial charge in [-0.15, -0.1) is 0 Å². The number of rotatable bonds is 4. The van der Waals surface area contributed by atoms with Crippen molar-refractivity contribution in [2.24, 2.45) is 5.41 Å². The lowest BCUT2D eigenvalue weighted by molar-refractivity contribution is -0.122. The predicted molar refractivity (Wildman–Crippen MR) is 169 cm³/mol. The SMILES string of the molecule is C=C(C)c1cn2c3c(cc(Oc4ncc(C)cn4)cc13)CCCCCCCNC[C@@]13C[C@@H](C(=O)NBr)N(C(=N)C2)[C@@H]1C3. The Labute approximate surface area is 256 Å². The lowest BCUT2D eigenvalue weighted by Crippen LogP contribution is -2.46. The van der Waals surface area contributed by atoms with Crippen molar-refractivity contribution in [1.82, 2.24) is 29.1 Å². The third-order valence-corrected chi connectivity index (χ3v) is 9.56. The number of halogens is 1. The Bertz CT molecular complexity index is 1520. The van der Waals surface area contributed by atoms with Crippen molar-refractivity contribution >= 4 is 44.4 Å². The summed E-state index contributed by atoms with van der Waals surface area (Å²) in [6.07, 6.45) is 14.1. The van der Waals surface area contributed by atoms with E-state index < -0.39 is 0 Å². The molecule has 3 atom stereocenters. The van der Waals surface area contributed by atoms with Gasteiger partial charge in [-0.25, -0.2) is 9.97 Å². The van der Waals surface area contributed by atoms with Crippen LogP contribution in [0.3, 0.4) is 0 Å².